The summed E-state index contributed by atoms with van der Waals surface area (Å²) >= 11 is 0. The Hall–Kier alpha value is -3.39. The van der Waals surface area contributed by atoms with Gasteiger partial charge in [-0.05, 0) is 73.6 Å². The predicted molar refractivity (Wildman–Crippen MR) is 145 cm³/mol. The van der Waals surface area contributed by atoms with Gasteiger partial charge in [0.2, 0.25) is 11.8 Å². The number of nitrogens with zero attached hydrogens (tertiary/aromatic N) is 2. The van der Waals surface area contributed by atoms with Gasteiger partial charge in [-0.25, -0.2) is 4.79 Å². The lowest BCUT2D eigenvalue weighted by atomic mass is 9.80. The Morgan fingerprint density at radius 1 is 1.05 bits per heavy atom. The third-order valence-electron chi connectivity index (χ3n) is 7.60. The highest BCUT2D eigenvalue weighted by atomic mass is 16.5. The molecule has 0 aromatic heterocycles. The summed E-state index contributed by atoms with van der Waals surface area (Å²) in [5, 5.41) is 12.1. The Bertz CT molecular complexity index is 1120. The lowest BCUT2D eigenvalue weighted by molar-refractivity contribution is -0.161. The number of carboxylic acid groups (broad SMARTS) is 1. The van der Waals surface area contributed by atoms with E-state index in [2.05, 4.69) is 31.0 Å². The fourth-order valence-electron chi connectivity index (χ4n) is 5.45. The largest absolute Gasteiger partial charge is 0.478 e. The Kier molecular flexibility index (Phi) is 8.72. The van der Waals surface area contributed by atoms with E-state index in [1.54, 1.807) is 12.1 Å². The molecule has 2 aliphatic heterocycles. The molecule has 4 rings (SSSR count). The van der Waals surface area contributed by atoms with Gasteiger partial charge in [0, 0.05) is 26.2 Å². The van der Waals surface area contributed by atoms with Crippen molar-refractivity contribution in [1.29, 1.82) is 0 Å². The number of carboxylic acids is 1. The van der Waals surface area contributed by atoms with Crippen LogP contribution in [0.3, 0.4) is 0 Å². The van der Waals surface area contributed by atoms with Crippen LogP contribution in [0, 0.1) is 5.92 Å². The number of amides is 2. The fraction of sp³-hybridized carbons (Fsp3) is 0.500. The molecule has 0 bridgehead atoms. The van der Waals surface area contributed by atoms with Crippen molar-refractivity contribution < 1.29 is 24.2 Å². The minimum atomic E-state index is -0.968. The number of hydrogen-bond acceptors (Lipinski definition) is 5. The Balaban J connectivity index is 1.36. The SMILES string of the molecule is CCCCN1C(=O)[C@H](CC(C)C)NC(=O)C12CCN(Cc1ccc(Oc3ccc(C(=O)O)cc3)cc1)CC2. The van der Waals surface area contributed by atoms with E-state index in [9.17, 15) is 14.4 Å². The second-order valence-electron chi connectivity index (χ2n) is 10.9. The number of likely N-dealkylation sites (tertiary alicyclic amines) is 1. The zero-order valence-electron chi connectivity index (χ0n) is 22.6. The van der Waals surface area contributed by atoms with Gasteiger partial charge in [0.25, 0.3) is 0 Å². The number of ether oxygens (including phenoxy) is 1. The van der Waals surface area contributed by atoms with E-state index < -0.39 is 17.6 Å². The van der Waals surface area contributed by atoms with Crippen LogP contribution < -0.4 is 10.1 Å². The van der Waals surface area contributed by atoms with Crippen LogP contribution in [-0.4, -0.2) is 63.9 Å². The summed E-state index contributed by atoms with van der Waals surface area (Å²) in [5.74, 6) is 0.707. The number of aromatic carboxylic acids is 1. The van der Waals surface area contributed by atoms with Gasteiger partial charge in [-0.15, -0.1) is 0 Å². The number of rotatable bonds is 10. The number of piperidine rings is 1. The summed E-state index contributed by atoms with van der Waals surface area (Å²) in [4.78, 5) is 42.1. The van der Waals surface area contributed by atoms with Crippen molar-refractivity contribution in [3.63, 3.8) is 0 Å². The molecule has 38 heavy (non-hydrogen) atoms. The first-order valence-electron chi connectivity index (χ1n) is 13.7. The number of hydrogen-bond donors (Lipinski definition) is 2. The highest BCUT2D eigenvalue weighted by molar-refractivity contribution is 6.00. The first kappa shape index (κ1) is 27.6. The fourth-order valence-corrected chi connectivity index (χ4v) is 5.45. The summed E-state index contributed by atoms with van der Waals surface area (Å²) in [6.07, 6.45) is 3.82. The Morgan fingerprint density at radius 2 is 1.66 bits per heavy atom. The van der Waals surface area contributed by atoms with Crippen LogP contribution in [0.25, 0.3) is 0 Å². The summed E-state index contributed by atoms with van der Waals surface area (Å²) in [6, 6.07) is 13.7. The van der Waals surface area contributed by atoms with Crippen LogP contribution >= 0.6 is 0 Å². The van der Waals surface area contributed by atoms with Crippen molar-refractivity contribution in [2.75, 3.05) is 19.6 Å². The number of piperazine rings is 1. The second kappa shape index (κ2) is 12.0. The van der Waals surface area contributed by atoms with E-state index in [0.29, 0.717) is 43.2 Å². The molecule has 2 heterocycles. The Labute approximate surface area is 225 Å². The zero-order valence-corrected chi connectivity index (χ0v) is 22.6. The molecule has 2 saturated heterocycles. The third kappa shape index (κ3) is 6.18. The summed E-state index contributed by atoms with van der Waals surface area (Å²) in [6.45, 7) is 9.15. The van der Waals surface area contributed by atoms with E-state index in [-0.39, 0.29) is 17.4 Å². The number of benzene rings is 2. The lowest BCUT2D eigenvalue weighted by Crippen LogP contribution is -2.73. The third-order valence-corrected chi connectivity index (χ3v) is 7.60. The van der Waals surface area contributed by atoms with Crippen LogP contribution in [0.4, 0.5) is 0 Å². The predicted octanol–water partition coefficient (Wildman–Crippen LogP) is 4.68. The van der Waals surface area contributed by atoms with Crippen LogP contribution in [0.5, 0.6) is 11.5 Å². The lowest BCUT2D eigenvalue weighted by Gasteiger charge is -2.52. The maximum Gasteiger partial charge on any atom is 0.335 e. The molecule has 8 nitrogen and oxygen atoms in total. The van der Waals surface area contributed by atoms with Gasteiger partial charge in [-0.2, -0.15) is 0 Å². The minimum Gasteiger partial charge on any atom is -0.478 e. The zero-order chi connectivity index (χ0) is 27.3. The topological polar surface area (TPSA) is 99.2 Å². The van der Waals surface area contributed by atoms with Crippen molar-refractivity contribution in [1.82, 2.24) is 15.1 Å². The maximum atomic E-state index is 13.4. The molecule has 0 radical (unpaired) electrons. The summed E-state index contributed by atoms with van der Waals surface area (Å²) in [7, 11) is 0. The van der Waals surface area contributed by atoms with Crippen molar-refractivity contribution in [2.45, 2.75) is 71.0 Å². The number of carbonyl (C=O) groups excluding carboxylic acids is 2. The standard InChI is InChI=1S/C30H39N3O5/c1-4-5-16-33-27(34)26(19-21(2)3)31-29(37)30(33)14-17-32(18-15-30)20-22-6-10-24(11-7-22)38-25-12-8-23(9-13-25)28(35)36/h6-13,21,26H,4-5,14-20H2,1-3H3,(H,31,37)(H,35,36)/t26-/m0/s1. The van der Waals surface area contributed by atoms with Gasteiger partial charge >= 0.3 is 5.97 Å². The molecule has 0 aliphatic carbocycles. The monoisotopic (exact) mass is 521 g/mol. The van der Waals surface area contributed by atoms with E-state index in [0.717, 1.165) is 38.0 Å². The van der Waals surface area contributed by atoms with E-state index in [4.69, 9.17) is 9.84 Å². The van der Waals surface area contributed by atoms with Gasteiger partial charge in [-0.1, -0.05) is 39.3 Å². The molecule has 8 heteroatoms. The molecule has 1 atom stereocenters. The molecule has 2 aromatic rings. The first-order chi connectivity index (χ1) is 18.2. The average molecular weight is 522 g/mol. The maximum absolute atomic E-state index is 13.4. The molecule has 2 aromatic carbocycles. The van der Waals surface area contributed by atoms with E-state index in [1.807, 2.05) is 29.2 Å². The van der Waals surface area contributed by atoms with Crippen molar-refractivity contribution in [3.05, 3.63) is 59.7 Å². The molecule has 2 amide bonds. The van der Waals surface area contributed by atoms with Crippen LogP contribution in [-0.2, 0) is 16.1 Å². The average Bonchev–Trinajstić information content (AvgIpc) is 2.89. The molecular weight excluding hydrogens is 482 g/mol. The van der Waals surface area contributed by atoms with Gasteiger partial charge in [0.05, 0.1) is 5.56 Å². The van der Waals surface area contributed by atoms with Crippen molar-refractivity contribution in [3.8, 4) is 11.5 Å². The molecule has 2 fully saturated rings. The number of unbranched alkanes of at least 4 members (excludes halogenated alkanes) is 1. The smallest absolute Gasteiger partial charge is 0.335 e. The molecular formula is C30H39N3O5. The van der Waals surface area contributed by atoms with Gasteiger partial charge in [-0.3, -0.25) is 14.5 Å². The van der Waals surface area contributed by atoms with E-state index >= 15 is 0 Å². The molecule has 2 N–H and O–H groups in total. The Morgan fingerprint density at radius 3 is 2.21 bits per heavy atom. The van der Waals surface area contributed by atoms with Crippen LogP contribution in [0.15, 0.2) is 48.5 Å². The molecule has 204 valence electrons. The second-order valence-corrected chi connectivity index (χ2v) is 10.9. The number of carbonyl (C=O) groups is 3. The van der Waals surface area contributed by atoms with Gasteiger partial charge < -0.3 is 20.1 Å². The molecule has 1 spiro atoms. The van der Waals surface area contributed by atoms with Crippen molar-refractivity contribution >= 4 is 17.8 Å². The van der Waals surface area contributed by atoms with Crippen LogP contribution in [0.1, 0.15) is 68.8 Å². The minimum absolute atomic E-state index is 0.0105. The highest BCUT2D eigenvalue weighted by Gasteiger charge is 2.53. The highest BCUT2D eigenvalue weighted by Crippen LogP contribution is 2.35. The number of nitrogens with one attached hydrogen (secondary N) is 1. The molecule has 0 saturated carbocycles. The van der Waals surface area contributed by atoms with E-state index in [1.165, 1.54) is 12.1 Å². The molecule has 2 aliphatic rings. The van der Waals surface area contributed by atoms with Gasteiger partial charge in [0.1, 0.15) is 23.1 Å². The quantitative estimate of drug-likeness (QED) is 0.471. The van der Waals surface area contributed by atoms with Crippen molar-refractivity contribution in [2.24, 2.45) is 5.92 Å². The summed E-state index contributed by atoms with van der Waals surface area (Å²) in [5.41, 5.74) is 0.609. The first-order valence-corrected chi connectivity index (χ1v) is 13.7. The summed E-state index contributed by atoms with van der Waals surface area (Å²) < 4.78 is 5.84. The van der Waals surface area contributed by atoms with Crippen LogP contribution in [0.2, 0.25) is 0 Å². The normalized spacial score (nSPS) is 19.6. The van der Waals surface area contributed by atoms with Gasteiger partial charge in [0.15, 0.2) is 0 Å². The molecule has 0 unspecified atom stereocenters.